The molecule has 0 atom stereocenters. The molecule has 0 aliphatic heterocycles. The molecule has 0 amide bonds. The van der Waals surface area contributed by atoms with E-state index >= 15 is 0 Å². The van der Waals surface area contributed by atoms with Gasteiger partial charge in [-0.15, -0.1) is 0 Å². The fraction of sp³-hybridized carbons (Fsp3) is 0.500. The molecule has 6 aliphatic rings. The molecule has 0 bridgehead atoms. The summed E-state index contributed by atoms with van der Waals surface area (Å²) in [5.74, 6) is 2.87. The smallest absolute Gasteiger partial charge is 0.313 e. The van der Waals surface area contributed by atoms with Crippen molar-refractivity contribution >= 4 is 22.8 Å². The van der Waals surface area contributed by atoms with Crippen LogP contribution in [0.2, 0.25) is 0 Å². The zero-order valence-corrected chi connectivity index (χ0v) is 15.3. The number of para-hydroxylation sites is 1. The van der Waals surface area contributed by atoms with E-state index in [4.69, 9.17) is 14.2 Å². The monoisotopic (exact) mass is 377 g/mol. The van der Waals surface area contributed by atoms with Crippen LogP contribution >= 0.6 is 0 Å². The van der Waals surface area contributed by atoms with Crippen LogP contribution in [0.4, 0.5) is 0 Å². The fourth-order valence-electron chi connectivity index (χ4n) is 8.13. The average molecular weight is 377 g/mol. The van der Waals surface area contributed by atoms with Gasteiger partial charge in [-0.3, -0.25) is 14.6 Å². The Morgan fingerprint density at radius 2 is 1.57 bits per heavy atom. The maximum absolute atomic E-state index is 12.8. The number of carbonyl (C=O) groups excluding carboxylic acids is 2. The van der Waals surface area contributed by atoms with E-state index < -0.39 is 0 Å². The molecular weight excluding hydrogens is 358 g/mol. The number of aromatic nitrogens is 1. The number of nitrogens with zero attached hydrogens (tertiary/aromatic N) is 1. The van der Waals surface area contributed by atoms with Crippen molar-refractivity contribution in [3.63, 3.8) is 0 Å². The first-order valence-electron chi connectivity index (χ1n) is 9.92. The lowest BCUT2D eigenvalue weighted by atomic mass is 8.92. The Morgan fingerprint density at radius 1 is 0.929 bits per heavy atom. The molecule has 6 aliphatic carbocycles. The SMILES string of the molecule is COC(=O)C12C3C4C1C1C2C3C41C(=O)OCCOc1ccnc2ccccc12. The van der Waals surface area contributed by atoms with Crippen LogP contribution in [0, 0.1) is 46.3 Å². The molecule has 1 aromatic heterocycles. The van der Waals surface area contributed by atoms with Crippen LogP contribution < -0.4 is 4.74 Å². The molecule has 1 aromatic carbocycles. The normalized spacial score (nSPS) is 44.0. The van der Waals surface area contributed by atoms with Gasteiger partial charge in [0.1, 0.15) is 19.0 Å². The molecule has 0 spiro atoms. The van der Waals surface area contributed by atoms with Crippen molar-refractivity contribution in [1.82, 2.24) is 4.98 Å². The summed E-state index contributed by atoms with van der Waals surface area (Å²) in [4.78, 5) is 29.3. The first kappa shape index (κ1) is 15.3. The van der Waals surface area contributed by atoms with Gasteiger partial charge in [0, 0.05) is 11.6 Å². The summed E-state index contributed by atoms with van der Waals surface area (Å²) in [6.07, 6.45) is 1.72. The minimum atomic E-state index is -0.265. The Hall–Kier alpha value is -2.63. The number of benzene rings is 1. The number of hydrogen-bond donors (Lipinski definition) is 0. The van der Waals surface area contributed by atoms with E-state index in [1.165, 1.54) is 7.11 Å². The molecule has 0 saturated heterocycles. The highest BCUT2D eigenvalue weighted by molar-refractivity contribution is 5.96. The maximum Gasteiger partial charge on any atom is 0.313 e. The van der Waals surface area contributed by atoms with Crippen molar-refractivity contribution in [2.45, 2.75) is 0 Å². The molecular formula is C22H19NO5. The number of carbonyl (C=O) groups is 2. The van der Waals surface area contributed by atoms with Crippen LogP contribution in [0.1, 0.15) is 0 Å². The first-order valence-corrected chi connectivity index (χ1v) is 9.92. The number of methoxy groups -OCH3 is 1. The Bertz CT molecular complexity index is 1020. The fourth-order valence-corrected chi connectivity index (χ4v) is 8.13. The molecule has 0 radical (unpaired) electrons. The third-order valence-electron chi connectivity index (χ3n) is 8.71. The number of rotatable bonds is 6. The van der Waals surface area contributed by atoms with Crippen LogP contribution in [-0.4, -0.2) is 37.2 Å². The predicted octanol–water partition coefficient (Wildman–Crippen LogP) is 2.07. The summed E-state index contributed by atoms with van der Waals surface area (Å²) in [6.45, 7) is 0.559. The molecule has 6 nitrogen and oxygen atoms in total. The third-order valence-corrected chi connectivity index (χ3v) is 8.71. The van der Waals surface area contributed by atoms with Gasteiger partial charge in [-0.25, -0.2) is 0 Å². The summed E-state index contributed by atoms with van der Waals surface area (Å²) in [6, 6.07) is 9.62. The molecule has 6 fully saturated rings. The van der Waals surface area contributed by atoms with Crippen molar-refractivity contribution in [2.75, 3.05) is 20.3 Å². The van der Waals surface area contributed by atoms with Crippen LogP contribution in [0.3, 0.4) is 0 Å². The highest BCUT2D eigenvalue weighted by Gasteiger charge is 3.13. The number of pyridine rings is 1. The lowest BCUT2D eigenvalue weighted by Crippen LogP contribution is -3.12. The van der Waals surface area contributed by atoms with Gasteiger partial charge in [0.15, 0.2) is 0 Å². The van der Waals surface area contributed by atoms with Crippen molar-refractivity contribution in [1.29, 1.82) is 0 Å². The number of esters is 2. The lowest BCUT2D eigenvalue weighted by molar-refractivity contribution is -0.628. The minimum Gasteiger partial charge on any atom is -0.489 e. The summed E-state index contributed by atoms with van der Waals surface area (Å²) in [5.41, 5.74) is 0.408. The molecule has 2 aromatic rings. The standard InChI is InChI=1S/C22H19NO5/c1-26-19(24)21-13-16-14(21)18-15(21)17(13)22(16,18)20(25)28-9-8-27-12-6-7-23-11-5-3-2-4-10(11)12/h2-7,13-18H,8-9H2,1H3. The van der Waals surface area contributed by atoms with E-state index in [0.717, 1.165) is 16.7 Å². The van der Waals surface area contributed by atoms with Gasteiger partial charge in [0.25, 0.3) is 0 Å². The quantitative estimate of drug-likeness (QED) is 0.567. The molecule has 0 unspecified atom stereocenters. The van der Waals surface area contributed by atoms with Crippen molar-refractivity contribution in [3.8, 4) is 5.75 Å². The van der Waals surface area contributed by atoms with E-state index in [1.54, 1.807) is 6.20 Å². The van der Waals surface area contributed by atoms with E-state index in [0.29, 0.717) is 42.1 Å². The Morgan fingerprint density at radius 3 is 2.25 bits per heavy atom. The van der Waals surface area contributed by atoms with Crippen molar-refractivity contribution < 1.29 is 23.8 Å². The lowest BCUT2D eigenvalue weighted by Gasteiger charge is -3.08. The number of fused-ring (bicyclic) bond motifs is 1. The highest BCUT2D eigenvalue weighted by Crippen LogP contribution is 3.10. The van der Waals surface area contributed by atoms with Gasteiger partial charge in [-0.05, 0) is 53.7 Å². The van der Waals surface area contributed by atoms with Crippen LogP contribution in [0.5, 0.6) is 5.75 Å². The topological polar surface area (TPSA) is 74.7 Å². The van der Waals surface area contributed by atoms with Crippen molar-refractivity contribution in [3.05, 3.63) is 36.5 Å². The molecule has 28 heavy (non-hydrogen) atoms. The summed E-state index contributed by atoms with van der Waals surface area (Å²) in [5, 5.41) is 0.950. The second-order valence-corrected chi connectivity index (χ2v) is 8.82. The number of ether oxygens (including phenoxy) is 3. The Kier molecular flexibility index (Phi) is 2.46. The summed E-state index contributed by atoms with van der Waals surface area (Å²) in [7, 11) is 1.47. The van der Waals surface area contributed by atoms with Gasteiger partial charge in [-0.2, -0.15) is 0 Å². The van der Waals surface area contributed by atoms with Crippen LogP contribution in [-0.2, 0) is 19.1 Å². The molecule has 1 heterocycles. The van der Waals surface area contributed by atoms with Gasteiger partial charge in [0.05, 0.1) is 23.5 Å². The van der Waals surface area contributed by atoms with Gasteiger partial charge in [0.2, 0.25) is 0 Å². The van der Waals surface area contributed by atoms with E-state index in [-0.39, 0.29) is 29.4 Å². The third kappa shape index (κ3) is 1.18. The highest BCUT2D eigenvalue weighted by atomic mass is 16.6. The number of hydrogen-bond acceptors (Lipinski definition) is 6. The maximum atomic E-state index is 12.8. The predicted molar refractivity (Wildman–Crippen MR) is 96.0 cm³/mol. The molecule has 8 rings (SSSR count). The van der Waals surface area contributed by atoms with Gasteiger partial charge < -0.3 is 14.2 Å². The van der Waals surface area contributed by atoms with Crippen LogP contribution in [0.25, 0.3) is 10.9 Å². The largest absolute Gasteiger partial charge is 0.489 e. The second-order valence-electron chi connectivity index (χ2n) is 8.82. The second kappa shape index (κ2) is 4.50. The molecule has 6 saturated carbocycles. The molecule has 6 heteroatoms. The molecule has 0 N–H and O–H groups in total. The molecule has 142 valence electrons. The Balaban J connectivity index is 0.987. The zero-order chi connectivity index (χ0) is 18.8. The minimum absolute atomic E-state index is 0.0455. The van der Waals surface area contributed by atoms with E-state index in [9.17, 15) is 9.59 Å². The first-order chi connectivity index (χ1) is 13.7. The van der Waals surface area contributed by atoms with Crippen molar-refractivity contribution in [2.24, 2.45) is 46.3 Å². The van der Waals surface area contributed by atoms with E-state index in [2.05, 4.69) is 4.98 Å². The zero-order valence-electron chi connectivity index (χ0n) is 15.3. The summed E-state index contributed by atoms with van der Waals surface area (Å²) >= 11 is 0. The summed E-state index contributed by atoms with van der Waals surface area (Å²) < 4.78 is 16.5. The average Bonchev–Trinajstić information content (AvgIpc) is 2.75. The Labute approximate surface area is 161 Å². The van der Waals surface area contributed by atoms with Gasteiger partial charge in [-0.1, -0.05) is 12.1 Å². The van der Waals surface area contributed by atoms with Crippen LogP contribution in [0.15, 0.2) is 36.5 Å². The van der Waals surface area contributed by atoms with E-state index in [1.807, 2.05) is 30.3 Å². The van der Waals surface area contributed by atoms with Gasteiger partial charge >= 0.3 is 11.9 Å².